The second-order valence-corrected chi connectivity index (χ2v) is 9.64. The van der Waals surface area contributed by atoms with Crippen molar-refractivity contribution in [2.45, 2.75) is 32.6 Å². The van der Waals surface area contributed by atoms with Crippen molar-refractivity contribution in [3.8, 4) is 0 Å². The van der Waals surface area contributed by atoms with Gasteiger partial charge in [0.25, 0.3) is 0 Å². The highest BCUT2D eigenvalue weighted by Gasteiger charge is 2.32. The van der Waals surface area contributed by atoms with E-state index in [1.807, 2.05) is 45.9 Å². The minimum atomic E-state index is -3.45. The van der Waals surface area contributed by atoms with E-state index in [9.17, 15) is 8.42 Å². The minimum Gasteiger partial charge on any atom is -0.329 e. The van der Waals surface area contributed by atoms with Gasteiger partial charge in [0.05, 0.1) is 37.6 Å². The van der Waals surface area contributed by atoms with Crippen molar-refractivity contribution >= 4 is 16.1 Å². The molecule has 150 valence electrons. The van der Waals surface area contributed by atoms with Crippen molar-refractivity contribution in [3.63, 3.8) is 0 Å². The number of nitrogens with zero attached hydrogens (tertiary/aromatic N) is 1. The molecule has 0 aliphatic carbocycles. The molecular weight excluding hydrogens is 368 g/mol. The SMILES string of the molecule is Cc1cc(C)c(C)c(S(=O)(=O)N2CC[NH+](C/C=C/c3ccccc3)CC2)c1C. The molecule has 28 heavy (non-hydrogen) atoms. The summed E-state index contributed by atoms with van der Waals surface area (Å²) in [5.41, 5.74) is 5.03. The summed E-state index contributed by atoms with van der Waals surface area (Å²) >= 11 is 0. The van der Waals surface area contributed by atoms with Gasteiger partial charge in [-0.3, -0.25) is 0 Å². The summed E-state index contributed by atoms with van der Waals surface area (Å²) in [6.07, 6.45) is 4.32. The van der Waals surface area contributed by atoms with E-state index in [0.29, 0.717) is 18.0 Å². The molecule has 2 aromatic carbocycles. The van der Waals surface area contributed by atoms with Crippen LogP contribution in [-0.2, 0) is 10.0 Å². The fourth-order valence-electron chi connectivity index (χ4n) is 3.87. The number of hydrogen-bond donors (Lipinski definition) is 1. The van der Waals surface area contributed by atoms with Gasteiger partial charge < -0.3 is 4.90 Å². The molecular formula is C23H31N2O2S+. The predicted molar refractivity (Wildman–Crippen MR) is 115 cm³/mol. The normalized spacial score (nSPS) is 16.7. The van der Waals surface area contributed by atoms with Crippen molar-refractivity contribution in [1.29, 1.82) is 0 Å². The first kappa shape index (κ1) is 20.8. The Labute approximate surface area is 169 Å². The van der Waals surface area contributed by atoms with Gasteiger partial charge in [-0.05, 0) is 61.6 Å². The second kappa shape index (κ2) is 8.60. The Morgan fingerprint density at radius 2 is 1.54 bits per heavy atom. The zero-order valence-electron chi connectivity index (χ0n) is 17.3. The number of hydrogen-bond acceptors (Lipinski definition) is 2. The summed E-state index contributed by atoms with van der Waals surface area (Å²) in [4.78, 5) is 1.94. The van der Waals surface area contributed by atoms with E-state index in [0.717, 1.165) is 41.9 Å². The Morgan fingerprint density at radius 3 is 2.11 bits per heavy atom. The minimum absolute atomic E-state index is 0.512. The summed E-state index contributed by atoms with van der Waals surface area (Å²) in [6, 6.07) is 12.3. The number of piperazine rings is 1. The van der Waals surface area contributed by atoms with Crippen molar-refractivity contribution in [3.05, 3.63) is 70.3 Å². The average Bonchev–Trinajstić information content (AvgIpc) is 2.68. The monoisotopic (exact) mass is 399 g/mol. The van der Waals surface area contributed by atoms with Crippen molar-refractivity contribution in [2.75, 3.05) is 32.7 Å². The Morgan fingerprint density at radius 1 is 0.964 bits per heavy atom. The highest BCUT2D eigenvalue weighted by atomic mass is 32.2. The van der Waals surface area contributed by atoms with Crippen LogP contribution in [0.5, 0.6) is 0 Å². The third-order valence-electron chi connectivity index (χ3n) is 5.84. The quantitative estimate of drug-likeness (QED) is 0.840. The molecule has 0 unspecified atom stereocenters. The number of benzene rings is 2. The van der Waals surface area contributed by atoms with Crippen LogP contribution in [0.25, 0.3) is 6.08 Å². The molecule has 4 nitrogen and oxygen atoms in total. The number of quaternary nitrogens is 1. The summed E-state index contributed by atoms with van der Waals surface area (Å²) < 4.78 is 28.4. The van der Waals surface area contributed by atoms with Gasteiger partial charge in [0, 0.05) is 0 Å². The average molecular weight is 400 g/mol. The molecule has 2 aromatic rings. The van der Waals surface area contributed by atoms with Gasteiger partial charge >= 0.3 is 0 Å². The molecule has 1 aliphatic heterocycles. The molecule has 1 fully saturated rings. The Hall–Kier alpha value is -1.95. The fraction of sp³-hybridized carbons (Fsp3) is 0.391. The number of nitrogens with one attached hydrogen (secondary N) is 1. The van der Waals surface area contributed by atoms with E-state index >= 15 is 0 Å². The summed E-state index contributed by atoms with van der Waals surface area (Å²) in [5.74, 6) is 0. The van der Waals surface area contributed by atoms with Crippen LogP contribution in [0.3, 0.4) is 0 Å². The molecule has 0 atom stereocenters. The van der Waals surface area contributed by atoms with Gasteiger partial charge in [-0.1, -0.05) is 42.5 Å². The molecule has 0 aromatic heterocycles. The Bertz CT molecular complexity index is 932. The molecule has 0 radical (unpaired) electrons. The van der Waals surface area contributed by atoms with Crippen molar-refractivity contribution in [2.24, 2.45) is 0 Å². The first-order valence-electron chi connectivity index (χ1n) is 9.93. The molecule has 1 saturated heterocycles. The Kier molecular flexibility index (Phi) is 6.38. The summed E-state index contributed by atoms with van der Waals surface area (Å²) in [7, 11) is -3.45. The van der Waals surface area contributed by atoms with E-state index in [1.54, 1.807) is 4.31 Å². The third kappa shape index (κ3) is 4.37. The van der Waals surface area contributed by atoms with Crippen LogP contribution in [0.1, 0.15) is 27.8 Å². The molecule has 0 amide bonds. The van der Waals surface area contributed by atoms with Gasteiger partial charge in [0.1, 0.15) is 0 Å². The van der Waals surface area contributed by atoms with Gasteiger partial charge in [-0.2, -0.15) is 4.31 Å². The highest BCUT2D eigenvalue weighted by Crippen LogP contribution is 2.28. The molecule has 0 bridgehead atoms. The van der Waals surface area contributed by atoms with Gasteiger partial charge in [-0.15, -0.1) is 0 Å². The zero-order valence-corrected chi connectivity index (χ0v) is 18.1. The smallest absolute Gasteiger partial charge is 0.244 e. The lowest BCUT2D eigenvalue weighted by Gasteiger charge is -2.32. The second-order valence-electron chi connectivity index (χ2n) is 7.76. The first-order chi connectivity index (χ1) is 13.3. The molecule has 0 spiro atoms. The standard InChI is InChI=1S/C23H30N2O2S/c1-18-17-19(2)21(4)23(20(18)3)28(26,27)25-15-13-24(14-16-25)12-8-11-22-9-6-5-7-10-22/h5-11,17H,12-16H2,1-4H3/p+1/b11-8+. The maximum absolute atomic E-state index is 13.3. The predicted octanol–water partition coefficient (Wildman–Crippen LogP) is 2.52. The topological polar surface area (TPSA) is 41.8 Å². The van der Waals surface area contributed by atoms with Crippen molar-refractivity contribution in [1.82, 2.24) is 4.31 Å². The largest absolute Gasteiger partial charge is 0.329 e. The van der Waals surface area contributed by atoms with Crippen LogP contribution in [0.4, 0.5) is 0 Å². The summed E-state index contributed by atoms with van der Waals surface area (Å²) in [6.45, 7) is 11.6. The van der Waals surface area contributed by atoms with Crippen LogP contribution in [-0.4, -0.2) is 45.4 Å². The van der Waals surface area contributed by atoms with Gasteiger partial charge in [0.2, 0.25) is 10.0 Å². The van der Waals surface area contributed by atoms with E-state index in [-0.39, 0.29) is 0 Å². The van der Waals surface area contributed by atoms with Crippen LogP contribution < -0.4 is 4.90 Å². The maximum atomic E-state index is 13.3. The molecule has 1 heterocycles. The van der Waals surface area contributed by atoms with Crippen LogP contribution in [0.15, 0.2) is 47.4 Å². The van der Waals surface area contributed by atoms with E-state index in [1.165, 1.54) is 10.5 Å². The van der Waals surface area contributed by atoms with E-state index in [2.05, 4.69) is 30.4 Å². The molecule has 3 rings (SSSR count). The summed E-state index contributed by atoms with van der Waals surface area (Å²) in [5, 5.41) is 0. The lowest BCUT2D eigenvalue weighted by molar-refractivity contribution is -0.897. The molecule has 0 saturated carbocycles. The lowest BCUT2D eigenvalue weighted by Crippen LogP contribution is -3.14. The van der Waals surface area contributed by atoms with Crippen LogP contribution >= 0.6 is 0 Å². The first-order valence-corrected chi connectivity index (χ1v) is 11.4. The Balaban J connectivity index is 1.67. The van der Waals surface area contributed by atoms with Crippen LogP contribution in [0, 0.1) is 27.7 Å². The zero-order chi connectivity index (χ0) is 20.3. The number of sulfonamides is 1. The van der Waals surface area contributed by atoms with Gasteiger partial charge in [-0.25, -0.2) is 8.42 Å². The van der Waals surface area contributed by atoms with E-state index in [4.69, 9.17) is 0 Å². The lowest BCUT2D eigenvalue weighted by atomic mass is 10.0. The van der Waals surface area contributed by atoms with Crippen LogP contribution in [0.2, 0.25) is 0 Å². The number of aryl methyl sites for hydroxylation is 2. The molecule has 1 N–H and O–H groups in total. The van der Waals surface area contributed by atoms with E-state index < -0.39 is 10.0 Å². The molecule has 1 aliphatic rings. The van der Waals surface area contributed by atoms with Gasteiger partial charge in [0.15, 0.2) is 0 Å². The number of rotatable bonds is 5. The fourth-order valence-corrected chi connectivity index (χ4v) is 5.89. The molecule has 5 heteroatoms. The van der Waals surface area contributed by atoms with Crippen molar-refractivity contribution < 1.29 is 13.3 Å². The third-order valence-corrected chi connectivity index (χ3v) is 8.01. The highest BCUT2D eigenvalue weighted by molar-refractivity contribution is 7.89. The maximum Gasteiger partial charge on any atom is 0.244 e.